The van der Waals surface area contributed by atoms with Crippen LogP contribution in [0.15, 0.2) is 116 Å². The normalized spacial score (nSPS) is 16.2. The summed E-state index contributed by atoms with van der Waals surface area (Å²) in [6.45, 7) is -0.107. The Kier molecular flexibility index (Phi) is 7.85. The third kappa shape index (κ3) is 5.70. The van der Waals surface area contributed by atoms with E-state index in [4.69, 9.17) is 28.6 Å². The van der Waals surface area contributed by atoms with Gasteiger partial charge in [-0.15, -0.1) is 0 Å². The van der Waals surface area contributed by atoms with Gasteiger partial charge in [0.25, 0.3) is 5.91 Å². The fourth-order valence-corrected chi connectivity index (χ4v) is 5.53. The highest BCUT2D eigenvalue weighted by Gasteiger charge is 2.42. The lowest BCUT2D eigenvalue weighted by Crippen LogP contribution is -2.30. The van der Waals surface area contributed by atoms with Gasteiger partial charge >= 0.3 is 0 Å². The van der Waals surface area contributed by atoms with E-state index < -0.39 is 5.82 Å². The number of carbonyl (C=O) groups excluding carboxylic acids is 1. The molecule has 1 aliphatic heterocycles. The maximum atomic E-state index is 14.0. The number of nitrogens with zero attached hydrogens (tertiary/aromatic N) is 3. The molecule has 1 amide bonds. The van der Waals surface area contributed by atoms with E-state index in [1.54, 1.807) is 30.5 Å². The molecule has 3 heterocycles. The summed E-state index contributed by atoms with van der Waals surface area (Å²) in [6.07, 6.45) is 3.65. The number of nitrogens with one attached hydrogen (secondary N) is 2. The van der Waals surface area contributed by atoms with Crippen molar-refractivity contribution >= 4 is 46.2 Å². The molecular weight excluding hydrogens is 573 g/mol. The third-order valence-electron chi connectivity index (χ3n) is 6.91. The molecule has 7 nitrogen and oxygen atoms in total. The van der Waals surface area contributed by atoms with E-state index in [9.17, 15) is 9.18 Å². The predicted molar refractivity (Wildman–Crippen MR) is 166 cm³/mol. The Bertz CT molecular complexity index is 1720. The van der Waals surface area contributed by atoms with Gasteiger partial charge < -0.3 is 24.8 Å². The summed E-state index contributed by atoms with van der Waals surface area (Å²) in [4.78, 5) is 19.1. The minimum atomic E-state index is -0.482. The molecule has 2 unspecified atom stereocenters. The molecule has 0 radical (unpaired) electrons. The quantitative estimate of drug-likeness (QED) is 0.190. The third-order valence-corrected chi connectivity index (χ3v) is 7.51. The van der Waals surface area contributed by atoms with Gasteiger partial charge in [0, 0.05) is 35.1 Å². The van der Waals surface area contributed by atoms with Crippen LogP contribution in [0.1, 0.15) is 23.5 Å². The molecule has 0 bridgehead atoms. The van der Waals surface area contributed by atoms with E-state index in [0.717, 1.165) is 22.8 Å². The molecule has 0 aliphatic carbocycles. The second kappa shape index (κ2) is 12.0. The first-order valence-corrected chi connectivity index (χ1v) is 14.0. The average Bonchev–Trinajstić information content (AvgIpc) is 3.63. The van der Waals surface area contributed by atoms with Crippen molar-refractivity contribution < 1.29 is 13.9 Å². The topological polar surface area (TPSA) is 71.4 Å². The number of hydrogen-bond acceptors (Lipinski definition) is 4. The molecule has 3 aromatic carbocycles. The van der Waals surface area contributed by atoms with Gasteiger partial charge in [0.2, 0.25) is 0 Å². The van der Waals surface area contributed by atoms with Crippen molar-refractivity contribution in [3.63, 3.8) is 0 Å². The van der Waals surface area contributed by atoms with Crippen molar-refractivity contribution in [2.45, 2.75) is 12.1 Å². The first-order chi connectivity index (χ1) is 20.5. The van der Waals surface area contributed by atoms with E-state index in [0.29, 0.717) is 16.5 Å². The fourth-order valence-electron chi connectivity index (χ4n) is 5.01. The van der Waals surface area contributed by atoms with Crippen LogP contribution in [0.2, 0.25) is 5.02 Å². The Labute approximate surface area is 252 Å². The summed E-state index contributed by atoms with van der Waals surface area (Å²) in [5, 5.41) is 6.87. The lowest BCUT2D eigenvalue weighted by atomic mass is 10.0. The number of rotatable bonds is 8. The van der Waals surface area contributed by atoms with E-state index in [2.05, 4.69) is 15.6 Å². The van der Waals surface area contributed by atoms with Crippen LogP contribution < -0.4 is 20.3 Å². The first-order valence-electron chi connectivity index (χ1n) is 13.2. The molecular formula is C32H25ClFN5O2S. The largest absolute Gasteiger partial charge is 0.484 e. The second-order valence-electron chi connectivity index (χ2n) is 9.59. The Hall–Kier alpha value is -4.73. The number of pyridine rings is 1. The molecule has 2 aromatic heterocycles. The fraction of sp³-hybridized carbons (Fsp3) is 0.0938. The zero-order chi connectivity index (χ0) is 29.1. The molecule has 6 rings (SSSR count). The summed E-state index contributed by atoms with van der Waals surface area (Å²) >= 11 is 12.0. The SMILES string of the molecule is O=C(COc1ccccc1)Nc1ccc(N2C(=S)NC(c3ccccn3)C2c2cccn2-c2ccc(F)c(Cl)c2)cc1. The first kappa shape index (κ1) is 27.4. The van der Waals surface area contributed by atoms with Gasteiger partial charge in [-0.1, -0.05) is 35.9 Å². The number of halogens is 2. The number of para-hydroxylation sites is 1. The number of ether oxygens (including phenoxy) is 1. The zero-order valence-corrected chi connectivity index (χ0v) is 23.7. The summed E-state index contributed by atoms with van der Waals surface area (Å²) in [5.74, 6) is -0.127. The summed E-state index contributed by atoms with van der Waals surface area (Å²) < 4.78 is 21.5. The van der Waals surface area contributed by atoms with Crippen LogP contribution >= 0.6 is 23.8 Å². The Morgan fingerprint density at radius 2 is 1.74 bits per heavy atom. The van der Waals surface area contributed by atoms with Crippen molar-refractivity contribution in [2.24, 2.45) is 0 Å². The highest BCUT2D eigenvalue weighted by atomic mass is 35.5. The Morgan fingerprint density at radius 1 is 0.976 bits per heavy atom. The number of aromatic nitrogens is 2. The van der Waals surface area contributed by atoms with Gasteiger partial charge in [-0.2, -0.15) is 0 Å². The van der Waals surface area contributed by atoms with E-state index in [1.165, 1.54) is 6.07 Å². The Balaban J connectivity index is 1.29. The van der Waals surface area contributed by atoms with Gasteiger partial charge in [0.1, 0.15) is 17.6 Å². The van der Waals surface area contributed by atoms with Crippen LogP contribution in [0.25, 0.3) is 5.69 Å². The summed E-state index contributed by atoms with van der Waals surface area (Å²) in [5.41, 5.74) is 3.88. The molecule has 1 saturated heterocycles. The van der Waals surface area contributed by atoms with Gasteiger partial charge in [0.15, 0.2) is 11.7 Å². The summed E-state index contributed by atoms with van der Waals surface area (Å²) in [7, 11) is 0. The molecule has 10 heteroatoms. The number of carbonyl (C=O) groups is 1. The zero-order valence-electron chi connectivity index (χ0n) is 22.2. The van der Waals surface area contributed by atoms with Crippen molar-refractivity contribution in [3.8, 4) is 11.4 Å². The molecule has 2 atom stereocenters. The minimum Gasteiger partial charge on any atom is -0.484 e. The lowest BCUT2D eigenvalue weighted by Gasteiger charge is -2.29. The number of amides is 1. The van der Waals surface area contributed by atoms with Crippen molar-refractivity contribution in [1.82, 2.24) is 14.9 Å². The van der Waals surface area contributed by atoms with Crippen LogP contribution in [0.5, 0.6) is 5.75 Å². The van der Waals surface area contributed by atoms with Gasteiger partial charge in [-0.05, 0) is 91.1 Å². The van der Waals surface area contributed by atoms with Crippen molar-refractivity contribution in [2.75, 3.05) is 16.8 Å². The highest BCUT2D eigenvalue weighted by Crippen LogP contribution is 2.42. The van der Waals surface area contributed by atoms with Crippen LogP contribution in [0, 0.1) is 5.82 Å². The van der Waals surface area contributed by atoms with Crippen molar-refractivity contribution in [1.29, 1.82) is 0 Å². The predicted octanol–water partition coefficient (Wildman–Crippen LogP) is 6.86. The van der Waals surface area contributed by atoms with Gasteiger partial charge in [0.05, 0.1) is 16.8 Å². The maximum absolute atomic E-state index is 14.0. The monoisotopic (exact) mass is 597 g/mol. The summed E-state index contributed by atoms with van der Waals surface area (Å²) in [6, 6.07) is 30.3. The van der Waals surface area contributed by atoms with Crippen molar-refractivity contribution in [3.05, 3.63) is 138 Å². The van der Waals surface area contributed by atoms with Gasteiger partial charge in [-0.25, -0.2) is 4.39 Å². The van der Waals surface area contributed by atoms with E-state index in [1.807, 2.05) is 88.5 Å². The molecule has 1 fully saturated rings. The molecule has 5 aromatic rings. The molecule has 1 aliphatic rings. The van der Waals surface area contributed by atoms with Crippen LogP contribution in [-0.4, -0.2) is 27.2 Å². The van der Waals surface area contributed by atoms with Gasteiger partial charge in [-0.3, -0.25) is 9.78 Å². The smallest absolute Gasteiger partial charge is 0.262 e. The highest BCUT2D eigenvalue weighted by molar-refractivity contribution is 7.80. The van der Waals surface area contributed by atoms with Crippen LogP contribution in [-0.2, 0) is 4.79 Å². The molecule has 0 saturated carbocycles. The molecule has 2 N–H and O–H groups in total. The number of thiocarbonyl (C=S) groups is 1. The number of benzene rings is 3. The molecule has 42 heavy (non-hydrogen) atoms. The molecule has 0 spiro atoms. The van der Waals surface area contributed by atoms with Crippen LogP contribution in [0.4, 0.5) is 15.8 Å². The lowest BCUT2D eigenvalue weighted by molar-refractivity contribution is -0.118. The minimum absolute atomic E-state index is 0.0390. The standard InChI is InChI=1S/C32H25ClFN5O2S/c33-25-19-23(15-16-26(25)34)38-18-6-10-28(38)31-30(27-9-4-5-17-35-27)37-32(42)39(31)22-13-11-21(12-14-22)36-29(40)20-41-24-7-2-1-3-8-24/h1-19,30-31H,20H2,(H,36,40)(H,37,42). The number of hydrogen-bond donors (Lipinski definition) is 2. The van der Waals surface area contributed by atoms with E-state index in [-0.39, 0.29) is 29.6 Å². The average molecular weight is 598 g/mol. The maximum Gasteiger partial charge on any atom is 0.262 e. The molecule has 210 valence electrons. The van der Waals surface area contributed by atoms with Crippen LogP contribution in [0.3, 0.4) is 0 Å². The number of anilines is 2. The Morgan fingerprint density at radius 3 is 2.48 bits per heavy atom. The second-order valence-corrected chi connectivity index (χ2v) is 10.4. The van der Waals surface area contributed by atoms with E-state index >= 15 is 0 Å².